The third kappa shape index (κ3) is 2.17. The van der Waals surface area contributed by atoms with E-state index in [4.69, 9.17) is 0 Å². The zero-order chi connectivity index (χ0) is 13.4. The Bertz CT molecular complexity index is 910. The second-order valence-electron chi connectivity index (χ2n) is 4.12. The van der Waals surface area contributed by atoms with Gasteiger partial charge in [0.05, 0.1) is 4.53 Å². The third-order valence-corrected chi connectivity index (χ3v) is 3.61. The largest absolute Gasteiger partial charge is 0.292 e. The predicted molar refractivity (Wildman–Crippen MR) is 73.4 cm³/mol. The number of thiazole rings is 1. The molecule has 0 spiro atoms. The van der Waals surface area contributed by atoms with Crippen molar-refractivity contribution < 1.29 is 0 Å². The van der Waals surface area contributed by atoms with Gasteiger partial charge in [-0.25, -0.2) is 0 Å². The van der Waals surface area contributed by atoms with Crippen molar-refractivity contribution in [1.82, 2.24) is 14.6 Å². The Morgan fingerprint density at radius 1 is 1.21 bits per heavy atom. The number of fused-ring (bicyclic) bond motifs is 1. The summed E-state index contributed by atoms with van der Waals surface area (Å²) in [5.41, 5.74) is 1.39. The van der Waals surface area contributed by atoms with Crippen LogP contribution in [0.15, 0.2) is 40.1 Å². The monoisotopic (exact) mass is 271 g/mol. The Balaban J connectivity index is 2.25. The first-order valence-electron chi connectivity index (χ1n) is 5.61. The van der Waals surface area contributed by atoms with Crippen molar-refractivity contribution in [2.24, 2.45) is 0 Å². The summed E-state index contributed by atoms with van der Waals surface area (Å²) in [6.07, 6.45) is 2.81. The van der Waals surface area contributed by atoms with E-state index in [1.165, 1.54) is 0 Å². The summed E-state index contributed by atoms with van der Waals surface area (Å²) in [4.78, 5) is 27.2. The molecule has 0 saturated carbocycles. The molecule has 3 aromatic rings. The lowest BCUT2D eigenvalue weighted by atomic mass is 10.1. The van der Waals surface area contributed by atoms with E-state index in [0.29, 0.717) is 9.49 Å². The SMILES string of the molecule is Cc1ccc(/C=c2\sc3nc(=O)cnn3c2=O)cc1. The van der Waals surface area contributed by atoms with Gasteiger partial charge >= 0.3 is 0 Å². The minimum atomic E-state index is -0.442. The molecular formula is C13H9N3O2S. The van der Waals surface area contributed by atoms with Crippen LogP contribution in [0.3, 0.4) is 0 Å². The summed E-state index contributed by atoms with van der Waals surface area (Å²) in [6.45, 7) is 2.00. The van der Waals surface area contributed by atoms with Crippen LogP contribution in [0.2, 0.25) is 0 Å². The number of hydrogen-bond donors (Lipinski definition) is 0. The highest BCUT2D eigenvalue weighted by atomic mass is 32.1. The van der Waals surface area contributed by atoms with E-state index in [1.807, 2.05) is 31.2 Å². The molecule has 0 N–H and O–H groups in total. The molecule has 0 aliphatic heterocycles. The third-order valence-electron chi connectivity index (χ3n) is 2.65. The van der Waals surface area contributed by atoms with Crippen LogP contribution in [-0.4, -0.2) is 14.6 Å². The first-order valence-corrected chi connectivity index (χ1v) is 6.42. The van der Waals surface area contributed by atoms with Crippen LogP contribution in [-0.2, 0) is 0 Å². The van der Waals surface area contributed by atoms with Crippen molar-refractivity contribution in [3.63, 3.8) is 0 Å². The lowest BCUT2D eigenvalue weighted by Gasteiger charge is -1.92. The van der Waals surface area contributed by atoms with Crippen molar-refractivity contribution in [2.45, 2.75) is 6.92 Å². The topological polar surface area (TPSA) is 64.3 Å². The van der Waals surface area contributed by atoms with Gasteiger partial charge in [0.25, 0.3) is 11.1 Å². The molecule has 0 fully saturated rings. The van der Waals surface area contributed by atoms with Crippen molar-refractivity contribution in [3.05, 3.63) is 66.8 Å². The van der Waals surface area contributed by atoms with Gasteiger partial charge in [-0.1, -0.05) is 41.2 Å². The van der Waals surface area contributed by atoms with Crippen molar-refractivity contribution >= 4 is 22.4 Å². The molecule has 94 valence electrons. The molecule has 0 unspecified atom stereocenters. The highest BCUT2D eigenvalue weighted by Gasteiger charge is 2.05. The Labute approximate surface area is 111 Å². The quantitative estimate of drug-likeness (QED) is 0.641. The molecule has 2 heterocycles. The molecule has 0 radical (unpaired) electrons. The van der Waals surface area contributed by atoms with E-state index in [2.05, 4.69) is 10.1 Å². The molecule has 0 amide bonds. The molecule has 0 bridgehead atoms. The number of hydrogen-bond acceptors (Lipinski definition) is 5. The average molecular weight is 271 g/mol. The standard InChI is InChI=1S/C13H9N3O2S/c1-8-2-4-9(5-3-8)6-10-12(18)16-13(19-10)15-11(17)7-14-16/h2-7H,1H3/b10-6-. The van der Waals surface area contributed by atoms with Crippen LogP contribution in [0.5, 0.6) is 0 Å². The molecule has 3 rings (SSSR count). The zero-order valence-corrected chi connectivity index (χ0v) is 10.8. The van der Waals surface area contributed by atoms with E-state index >= 15 is 0 Å². The van der Waals surface area contributed by atoms with Gasteiger partial charge in [-0.3, -0.25) is 9.59 Å². The Morgan fingerprint density at radius 3 is 2.68 bits per heavy atom. The number of aryl methyl sites for hydroxylation is 1. The Morgan fingerprint density at radius 2 is 1.95 bits per heavy atom. The van der Waals surface area contributed by atoms with Crippen LogP contribution in [0.1, 0.15) is 11.1 Å². The van der Waals surface area contributed by atoms with Gasteiger partial charge < -0.3 is 0 Å². The molecule has 6 heteroatoms. The van der Waals surface area contributed by atoms with Gasteiger partial charge in [0.1, 0.15) is 6.20 Å². The minimum Gasteiger partial charge on any atom is -0.266 e. The molecule has 0 saturated heterocycles. The van der Waals surface area contributed by atoms with Crippen LogP contribution >= 0.6 is 11.3 Å². The molecule has 0 atom stereocenters. The summed E-state index contributed by atoms with van der Waals surface area (Å²) in [7, 11) is 0. The smallest absolute Gasteiger partial charge is 0.266 e. The van der Waals surface area contributed by atoms with Crippen LogP contribution in [0.4, 0.5) is 0 Å². The van der Waals surface area contributed by atoms with Crippen molar-refractivity contribution in [1.29, 1.82) is 0 Å². The summed E-state index contributed by atoms with van der Waals surface area (Å²) < 4.78 is 1.65. The second-order valence-corrected chi connectivity index (χ2v) is 5.12. The normalized spacial score (nSPS) is 12.2. The molecular weight excluding hydrogens is 262 g/mol. The molecule has 2 aromatic heterocycles. The molecule has 0 aliphatic rings. The molecule has 1 aromatic carbocycles. The fourth-order valence-corrected chi connectivity index (χ4v) is 2.60. The number of benzene rings is 1. The fraction of sp³-hybridized carbons (Fsp3) is 0.0769. The Hall–Kier alpha value is -2.34. The first kappa shape index (κ1) is 11.7. The summed E-state index contributed by atoms with van der Waals surface area (Å²) in [6, 6.07) is 7.82. The fourth-order valence-electron chi connectivity index (χ4n) is 1.68. The van der Waals surface area contributed by atoms with E-state index in [9.17, 15) is 9.59 Å². The lowest BCUT2D eigenvalue weighted by Crippen LogP contribution is -2.25. The van der Waals surface area contributed by atoms with Crippen LogP contribution < -0.4 is 15.7 Å². The lowest BCUT2D eigenvalue weighted by molar-refractivity contribution is 0.866. The summed E-state index contributed by atoms with van der Waals surface area (Å²) >= 11 is 1.16. The number of aromatic nitrogens is 3. The highest BCUT2D eigenvalue weighted by Crippen LogP contribution is 2.04. The zero-order valence-electron chi connectivity index (χ0n) is 10.0. The predicted octanol–water partition coefficient (Wildman–Crippen LogP) is 0.367. The van der Waals surface area contributed by atoms with Crippen molar-refractivity contribution in [2.75, 3.05) is 0 Å². The maximum atomic E-state index is 12.0. The van der Waals surface area contributed by atoms with Gasteiger partial charge in [0.15, 0.2) is 0 Å². The minimum absolute atomic E-state index is 0.256. The Kier molecular flexibility index (Phi) is 2.72. The van der Waals surface area contributed by atoms with E-state index in [0.717, 1.165) is 33.2 Å². The van der Waals surface area contributed by atoms with E-state index < -0.39 is 5.56 Å². The summed E-state index contributed by atoms with van der Waals surface area (Å²) in [5, 5.41) is 3.78. The summed E-state index contributed by atoms with van der Waals surface area (Å²) in [5.74, 6) is 0. The second kappa shape index (κ2) is 4.40. The molecule has 19 heavy (non-hydrogen) atoms. The molecule has 0 aliphatic carbocycles. The first-order chi connectivity index (χ1) is 9.13. The van der Waals surface area contributed by atoms with Crippen molar-refractivity contribution in [3.8, 4) is 0 Å². The van der Waals surface area contributed by atoms with Gasteiger partial charge in [-0.15, -0.1) is 0 Å². The van der Waals surface area contributed by atoms with Crippen LogP contribution in [0.25, 0.3) is 11.0 Å². The highest BCUT2D eigenvalue weighted by molar-refractivity contribution is 7.15. The van der Waals surface area contributed by atoms with Gasteiger partial charge in [-0.2, -0.15) is 14.6 Å². The van der Waals surface area contributed by atoms with Gasteiger partial charge in [0, 0.05) is 0 Å². The van der Waals surface area contributed by atoms with E-state index in [1.54, 1.807) is 6.08 Å². The maximum Gasteiger partial charge on any atom is 0.292 e. The van der Waals surface area contributed by atoms with Gasteiger partial charge in [-0.05, 0) is 18.6 Å². The average Bonchev–Trinajstić information content (AvgIpc) is 2.68. The van der Waals surface area contributed by atoms with Crippen LogP contribution in [0, 0.1) is 6.92 Å². The maximum absolute atomic E-state index is 12.0. The number of rotatable bonds is 1. The van der Waals surface area contributed by atoms with Gasteiger partial charge in [0.2, 0.25) is 4.96 Å². The molecule has 5 nitrogen and oxygen atoms in total. The van der Waals surface area contributed by atoms with E-state index in [-0.39, 0.29) is 5.56 Å². The number of nitrogens with zero attached hydrogens (tertiary/aromatic N) is 3.